The second kappa shape index (κ2) is 6.30. The molecule has 7 heteroatoms. The Morgan fingerprint density at radius 2 is 2.09 bits per heavy atom. The molecule has 0 bridgehead atoms. The van der Waals surface area contributed by atoms with Gasteiger partial charge in [0, 0.05) is 7.05 Å². The minimum Gasteiger partial charge on any atom is -0.495 e. The van der Waals surface area contributed by atoms with Crippen molar-refractivity contribution < 1.29 is 19.4 Å². The van der Waals surface area contributed by atoms with Crippen molar-refractivity contribution >= 4 is 17.6 Å². The number of rotatable bonds is 5. The molecule has 7 nitrogen and oxygen atoms in total. The Labute approximate surface area is 127 Å². The summed E-state index contributed by atoms with van der Waals surface area (Å²) in [6, 6.07) is 5.98. The van der Waals surface area contributed by atoms with Crippen molar-refractivity contribution in [2.45, 2.75) is 13.3 Å². The Balaban J connectivity index is 2.27. The lowest BCUT2D eigenvalue weighted by Crippen LogP contribution is -2.16. The molecule has 1 aromatic heterocycles. The van der Waals surface area contributed by atoms with Crippen LogP contribution < -0.4 is 10.1 Å². The van der Waals surface area contributed by atoms with Crippen LogP contribution in [0.3, 0.4) is 0 Å². The van der Waals surface area contributed by atoms with E-state index in [-0.39, 0.29) is 17.2 Å². The van der Waals surface area contributed by atoms with E-state index in [9.17, 15) is 9.59 Å². The number of hydrogen-bond acceptors (Lipinski definition) is 4. The van der Waals surface area contributed by atoms with E-state index in [0.29, 0.717) is 11.4 Å². The number of benzene rings is 1. The van der Waals surface area contributed by atoms with Gasteiger partial charge in [0.05, 0.1) is 24.1 Å². The van der Waals surface area contributed by atoms with E-state index in [2.05, 4.69) is 10.4 Å². The SMILES string of the molecule is CCc1cc(C(=O)Nc2ccc(C(=O)O)cc2OC)n(C)n1. The summed E-state index contributed by atoms with van der Waals surface area (Å²) < 4.78 is 6.64. The molecule has 1 heterocycles. The van der Waals surface area contributed by atoms with Gasteiger partial charge in [0.15, 0.2) is 0 Å². The molecule has 2 aromatic rings. The summed E-state index contributed by atoms with van der Waals surface area (Å²) in [5.74, 6) is -1.11. The second-order valence-electron chi connectivity index (χ2n) is 4.67. The molecule has 0 fully saturated rings. The van der Waals surface area contributed by atoms with Crippen LogP contribution in [-0.4, -0.2) is 33.9 Å². The van der Waals surface area contributed by atoms with Crippen LogP contribution in [0.25, 0.3) is 0 Å². The number of carbonyl (C=O) groups excluding carboxylic acids is 1. The lowest BCUT2D eigenvalue weighted by Gasteiger charge is -2.10. The summed E-state index contributed by atoms with van der Waals surface area (Å²) >= 11 is 0. The fourth-order valence-corrected chi connectivity index (χ4v) is 2.03. The Bertz CT molecular complexity index is 722. The summed E-state index contributed by atoms with van der Waals surface area (Å²) in [5.41, 5.74) is 1.72. The van der Waals surface area contributed by atoms with Gasteiger partial charge in [0.25, 0.3) is 5.91 Å². The fourth-order valence-electron chi connectivity index (χ4n) is 2.03. The number of aromatic nitrogens is 2. The summed E-state index contributed by atoms with van der Waals surface area (Å²) in [4.78, 5) is 23.3. The van der Waals surface area contributed by atoms with Gasteiger partial charge in [-0.05, 0) is 30.7 Å². The lowest BCUT2D eigenvalue weighted by molar-refractivity contribution is 0.0696. The van der Waals surface area contributed by atoms with Crippen molar-refractivity contribution in [3.05, 3.63) is 41.2 Å². The molecule has 0 spiro atoms. The minimum absolute atomic E-state index is 0.0867. The number of carboxylic acid groups (broad SMARTS) is 1. The topological polar surface area (TPSA) is 93.5 Å². The molecule has 1 amide bonds. The summed E-state index contributed by atoms with van der Waals surface area (Å²) in [7, 11) is 3.11. The molecule has 0 aliphatic carbocycles. The highest BCUT2D eigenvalue weighted by molar-refractivity contribution is 6.04. The average molecular weight is 303 g/mol. The summed E-state index contributed by atoms with van der Waals surface area (Å²) in [6.07, 6.45) is 0.734. The minimum atomic E-state index is -1.06. The van der Waals surface area contributed by atoms with E-state index in [4.69, 9.17) is 9.84 Å². The number of aromatic carboxylic acids is 1. The first-order chi connectivity index (χ1) is 10.5. The normalized spacial score (nSPS) is 10.3. The molecule has 22 heavy (non-hydrogen) atoms. The Morgan fingerprint density at radius 3 is 2.64 bits per heavy atom. The first kappa shape index (κ1) is 15.6. The number of nitrogens with one attached hydrogen (secondary N) is 1. The van der Waals surface area contributed by atoms with E-state index in [1.54, 1.807) is 13.1 Å². The highest BCUT2D eigenvalue weighted by atomic mass is 16.5. The smallest absolute Gasteiger partial charge is 0.335 e. The average Bonchev–Trinajstić information content (AvgIpc) is 2.88. The molecule has 0 unspecified atom stereocenters. The number of hydrogen-bond donors (Lipinski definition) is 2. The maximum absolute atomic E-state index is 12.3. The number of nitrogens with zero attached hydrogens (tertiary/aromatic N) is 2. The maximum Gasteiger partial charge on any atom is 0.335 e. The van der Waals surface area contributed by atoms with Crippen LogP contribution in [0.2, 0.25) is 0 Å². The van der Waals surface area contributed by atoms with Crippen LogP contribution in [0.4, 0.5) is 5.69 Å². The van der Waals surface area contributed by atoms with Crippen molar-refractivity contribution in [3.63, 3.8) is 0 Å². The highest BCUT2D eigenvalue weighted by Gasteiger charge is 2.16. The standard InChI is InChI=1S/C15H17N3O4/c1-4-10-8-12(18(2)17-10)14(19)16-11-6-5-9(15(20)21)7-13(11)22-3/h5-8H,4H2,1-3H3,(H,16,19)(H,20,21). The molecule has 2 rings (SSSR count). The predicted molar refractivity (Wildman–Crippen MR) is 80.5 cm³/mol. The molecule has 0 radical (unpaired) electrons. The van der Waals surface area contributed by atoms with E-state index in [0.717, 1.165) is 12.1 Å². The van der Waals surface area contributed by atoms with Crippen molar-refractivity contribution in [2.24, 2.45) is 7.05 Å². The molecular formula is C15H17N3O4. The van der Waals surface area contributed by atoms with Gasteiger partial charge in [-0.3, -0.25) is 9.48 Å². The zero-order valence-corrected chi connectivity index (χ0v) is 12.6. The first-order valence-corrected chi connectivity index (χ1v) is 6.71. The van der Waals surface area contributed by atoms with Crippen LogP contribution in [0, 0.1) is 0 Å². The van der Waals surface area contributed by atoms with Gasteiger partial charge in [-0.25, -0.2) is 4.79 Å². The zero-order valence-electron chi connectivity index (χ0n) is 12.6. The van der Waals surface area contributed by atoms with Gasteiger partial charge in [-0.1, -0.05) is 6.92 Å². The first-order valence-electron chi connectivity index (χ1n) is 6.71. The predicted octanol–water partition coefficient (Wildman–Crippen LogP) is 1.94. The number of aryl methyl sites for hydroxylation is 2. The van der Waals surface area contributed by atoms with Gasteiger partial charge in [-0.2, -0.15) is 5.10 Å². The van der Waals surface area contributed by atoms with Crippen LogP contribution >= 0.6 is 0 Å². The van der Waals surface area contributed by atoms with E-state index in [1.165, 1.54) is 30.0 Å². The van der Waals surface area contributed by atoms with E-state index >= 15 is 0 Å². The number of anilines is 1. The molecular weight excluding hydrogens is 286 g/mol. The van der Waals surface area contributed by atoms with Gasteiger partial charge < -0.3 is 15.2 Å². The number of carboxylic acids is 1. The molecule has 0 aliphatic rings. The van der Waals surface area contributed by atoms with Crippen molar-refractivity contribution in [2.75, 3.05) is 12.4 Å². The van der Waals surface area contributed by atoms with E-state index < -0.39 is 5.97 Å². The number of ether oxygens (including phenoxy) is 1. The molecule has 1 aromatic carbocycles. The van der Waals surface area contributed by atoms with Crippen LogP contribution in [-0.2, 0) is 13.5 Å². The summed E-state index contributed by atoms with van der Waals surface area (Å²) in [6.45, 7) is 1.96. The second-order valence-corrected chi connectivity index (χ2v) is 4.67. The molecule has 0 aliphatic heterocycles. The molecule has 0 saturated heterocycles. The van der Waals surface area contributed by atoms with Crippen LogP contribution in [0.1, 0.15) is 33.5 Å². The van der Waals surface area contributed by atoms with Crippen LogP contribution in [0.5, 0.6) is 5.75 Å². The van der Waals surface area contributed by atoms with E-state index in [1.807, 2.05) is 6.92 Å². The molecule has 0 saturated carbocycles. The zero-order chi connectivity index (χ0) is 16.3. The molecule has 116 valence electrons. The summed E-state index contributed by atoms with van der Waals surface area (Å²) in [5, 5.41) is 15.9. The third kappa shape index (κ3) is 3.08. The van der Waals surface area contributed by atoms with Crippen molar-refractivity contribution in [3.8, 4) is 5.75 Å². The van der Waals surface area contributed by atoms with Crippen molar-refractivity contribution in [1.29, 1.82) is 0 Å². The Kier molecular flexibility index (Phi) is 4.45. The molecule has 0 atom stereocenters. The largest absolute Gasteiger partial charge is 0.495 e. The number of amides is 1. The monoisotopic (exact) mass is 303 g/mol. The van der Waals surface area contributed by atoms with Crippen LogP contribution in [0.15, 0.2) is 24.3 Å². The van der Waals surface area contributed by atoms with Gasteiger partial charge in [0.2, 0.25) is 0 Å². The van der Waals surface area contributed by atoms with Gasteiger partial charge >= 0.3 is 5.97 Å². The Hall–Kier alpha value is -2.83. The lowest BCUT2D eigenvalue weighted by atomic mass is 10.2. The third-order valence-electron chi connectivity index (χ3n) is 3.22. The number of methoxy groups -OCH3 is 1. The van der Waals surface area contributed by atoms with Gasteiger partial charge in [-0.15, -0.1) is 0 Å². The quantitative estimate of drug-likeness (QED) is 0.880. The number of carbonyl (C=O) groups is 2. The highest BCUT2D eigenvalue weighted by Crippen LogP contribution is 2.26. The maximum atomic E-state index is 12.3. The van der Waals surface area contributed by atoms with Gasteiger partial charge in [0.1, 0.15) is 11.4 Å². The Morgan fingerprint density at radius 1 is 1.36 bits per heavy atom. The molecule has 2 N–H and O–H groups in total. The third-order valence-corrected chi connectivity index (χ3v) is 3.22. The van der Waals surface area contributed by atoms with Crippen molar-refractivity contribution in [1.82, 2.24) is 9.78 Å². The fraction of sp³-hybridized carbons (Fsp3) is 0.267.